The SMILES string of the molecule is C=CCC[C@H]1CC[C@H](CCC2CCC(c3ccc(Cl)c(F)c3)CC2)CC1. The van der Waals surface area contributed by atoms with Crippen LogP contribution in [0, 0.1) is 23.6 Å². The third-order valence-corrected chi connectivity index (χ3v) is 7.30. The number of allylic oxidation sites excluding steroid dienone is 1. The third-order valence-electron chi connectivity index (χ3n) is 6.99. The van der Waals surface area contributed by atoms with E-state index in [1.165, 1.54) is 77.0 Å². The zero-order chi connectivity index (χ0) is 18.4. The first-order valence-electron chi connectivity index (χ1n) is 10.7. The van der Waals surface area contributed by atoms with Crippen LogP contribution in [0.2, 0.25) is 5.02 Å². The summed E-state index contributed by atoms with van der Waals surface area (Å²) in [5.74, 6) is 3.08. The number of halogens is 2. The fourth-order valence-corrected chi connectivity index (χ4v) is 5.30. The Bertz CT molecular complexity index is 566. The molecule has 2 aliphatic carbocycles. The molecule has 0 nitrogen and oxygen atoms in total. The maximum atomic E-state index is 13.7. The zero-order valence-electron chi connectivity index (χ0n) is 16.1. The van der Waals surface area contributed by atoms with Gasteiger partial charge in [0, 0.05) is 0 Å². The highest BCUT2D eigenvalue weighted by Crippen LogP contribution is 2.40. The van der Waals surface area contributed by atoms with Gasteiger partial charge in [-0.3, -0.25) is 0 Å². The highest BCUT2D eigenvalue weighted by molar-refractivity contribution is 6.30. The van der Waals surface area contributed by atoms with E-state index in [9.17, 15) is 4.39 Å². The van der Waals surface area contributed by atoms with Gasteiger partial charge in [0.15, 0.2) is 0 Å². The first-order valence-corrected chi connectivity index (χ1v) is 11.1. The summed E-state index contributed by atoms with van der Waals surface area (Å²) in [6.07, 6.45) is 18.3. The molecule has 0 saturated heterocycles. The molecule has 144 valence electrons. The van der Waals surface area contributed by atoms with Crippen molar-refractivity contribution in [3.05, 3.63) is 47.3 Å². The third kappa shape index (κ3) is 5.59. The highest BCUT2D eigenvalue weighted by Gasteiger charge is 2.25. The van der Waals surface area contributed by atoms with Crippen LogP contribution in [0.15, 0.2) is 30.9 Å². The van der Waals surface area contributed by atoms with Gasteiger partial charge in [-0.05, 0) is 79.9 Å². The van der Waals surface area contributed by atoms with Crippen molar-refractivity contribution in [2.75, 3.05) is 0 Å². The molecule has 0 heterocycles. The number of hydrogen-bond acceptors (Lipinski definition) is 0. The first kappa shape index (κ1) is 19.9. The maximum absolute atomic E-state index is 13.7. The largest absolute Gasteiger partial charge is 0.205 e. The van der Waals surface area contributed by atoms with Crippen LogP contribution < -0.4 is 0 Å². The Balaban J connectivity index is 1.35. The summed E-state index contributed by atoms with van der Waals surface area (Å²) in [7, 11) is 0. The Labute approximate surface area is 164 Å². The summed E-state index contributed by atoms with van der Waals surface area (Å²) in [6.45, 7) is 3.85. The molecular formula is C24H34ClF. The lowest BCUT2D eigenvalue weighted by molar-refractivity contribution is 0.225. The summed E-state index contributed by atoms with van der Waals surface area (Å²) in [5.41, 5.74) is 1.14. The zero-order valence-corrected chi connectivity index (χ0v) is 16.8. The van der Waals surface area contributed by atoms with E-state index in [0.717, 1.165) is 23.3 Å². The predicted molar refractivity (Wildman–Crippen MR) is 110 cm³/mol. The number of rotatable bonds is 7. The van der Waals surface area contributed by atoms with Crippen LogP contribution in [-0.4, -0.2) is 0 Å². The molecular weight excluding hydrogens is 343 g/mol. The predicted octanol–water partition coefficient (Wildman–Crippen LogP) is 8.31. The fraction of sp³-hybridized carbons (Fsp3) is 0.667. The van der Waals surface area contributed by atoms with Crippen molar-refractivity contribution in [1.82, 2.24) is 0 Å². The lowest BCUT2D eigenvalue weighted by Crippen LogP contribution is -2.17. The Kier molecular flexibility index (Phi) is 7.61. The van der Waals surface area contributed by atoms with Gasteiger partial charge in [-0.2, -0.15) is 0 Å². The van der Waals surface area contributed by atoms with Gasteiger partial charge in [0.05, 0.1) is 5.02 Å². The van der Waals surface area contributed by atoms with Crippen LogP contribution in [0.25, 0.3) is 0 Å². The topological polar surface area (TPSA) is 0 Å². The molecule has 1 aromatic carbocycles. The van der Waals surface area contributed by atoms with Crippen molar-refractivity contribution in [2.45, 2.75) is 83.0 Å². The van der Waals surface area contributed by atoms with E-state index in [-0.39, 0.29) is 10.8 Å². The van der Waals surface area contributed by atoms with Crippen LogP contribution in [0.1, 0.15) is 88.5 Å². The van der Waals surface area contributed by atoms with Crippen molar-refractivity contribution >= 4 is 11.6 Å². The molecule has 0 N–H and O–H groups in total. The van der Waals surface area contributed by atoms with E-state index in [0.29, 0.717) is 5.92 Å². The average Bonchev–Trinajstić information content (AvgIpc) is 2.68. The smallest absolute Gasteiger partial charge is 0.142 e. The van der Waals surface area contributed by atoms with Gasteiger partial charge in [-0.15, -0.1) is 6.58 Å². The van der Waals surface area contributed by atoms with E-state index in [1.807, 2.05) is 6.07 Å². The molecule has 1 aromatic rings. The van der Waals surface area contributed by atoms with Gasteiger partial charge in [0.25, 0.3) is 0 Å². The van der Waals surface area contributed by atoms with Crippen LogP contribution in [0.5, 0.6) is 0 Å². The van der Waals surface area contributed by atoms with Crippen LogP contribution in [-0.2, 0) is 0 Å². The standard InChI is InChI=1S/C24H34ClF/c1-2-3-4-18-5-7-19(8-6-18)9-10-20-11-13-21(14-12-20)22-15-16-23(25)24(26)17-22/h2,15-21H,1,3-14H2/t18-,19-,20?,21?. The molecule has 0 aliphatic heterocycles. The first-order chi connectivity index (χ1) is 12.7. The Hall–Kier alpha value is -0.820. The van der Waals surface area contributed by atoms with Crippen molar-refractivity contribution in [3.8, 4) is 0 Å². The van der Waals surface area contributed by atoms with Gasteiger partial charge < -0.3 is 0 Å². The minimum Gasteiger partial charge on any atom is -0.205 e. The summed E-state index contributed by atoms with van der Waals surface area (Å²) >= 11 is 5.81. The molecule has 2 heteroatoms. The van der Waals surface area contributed by atoms with Crippen LogP contribution in [0.4, 0.5) is 4.39 Å². The summed E-state index contributed by atoms with van der Waals surface area (Å²) in [5, 5.41) is 0.238. The molecule has 0 bridgehead atoms. The molecule has 2 saturated carbocycles. The average molecular weight is 377 g/mol. The molecule has 2 fully saturated rings. The van der Waals surface area contributed by atoms with Crippen molar-refractivity contribution in [3.63, 3.8) is 0 Å². The van der Waals surface area contributed by atoms with E-state index >= 15 is 0 Å². The van der Waals surface area contributed by atoms with Crippen molar-refractivity contribution < 1.29 is 4.39 Å². The minimum absolute atomic E-state index is 0.238. The van der Waals surface area contributed by atoms with E-state index < -0.39 is 0 Å². The van der Waals surface area contributed by atoms with Crippen molar-refractivity contribution in [1.29, 1.82) is 0 Å². The molecule has 0 amide bonds. The quantitative estimate of drug-likeness (QED) is 0.419. The number of hydrogen-bond donors (Lipinski definition) is 0. The van der Waals surface area contributed by atoms with E-state index in [1.54, 1.807) is 12.1 Å². The molecule has 2 aliphatic rings. The Morgan fingerprint density at radius 1 is 0.885 bits per heavy atom. The molecule has 0 unspecified atom stereocenters. The second-order valence-corrected chi connectivity index (χ2v) is 9.13. The molecule has 0 aromatic heterocycles. The Morgan fingerprint density at radius 2 is 1.42 bits per heavy atom. The van der Waals surface area contributed by atoms with Gasteiger partial charge in [0.1, 0.15) is 5.82 Å². The van der Waals surface area contributed by atoms with E-state index in [2.05, 4.69) is 12.7 Å². The minimum atomic E-state index is -0.269. The monoisotopic (exact) mass is 376 g/mol. The summed E-state index contributed by atoms with van der Waals surface area (Å²) in [4.78, 5) is 0. The van der Waals surface area contributed by atoms with E-state index in [4.69, 9.17) is 11.6 Å². The van der Waals surface area contributed by atoms with Gasteiger partial charge >= 0.3 is 0 Å². The highest BCUT2D eigenvalue weighted by atomic mass is 35.5. The summed E-state index contributed by atoms with van der Waals surface area (Å²) in [6, 6.07) is 5.38. The second-order valence-electron chi connectivity index (χ2n) is 8.72. The van der Waals surface area contributed by atoms with Gasteiger partial charge in [-0.25, -0.2) is 4.39 Å². The lowest BCUT2D eigenvalue weighted by atomic mass is 9.74. The molecule has 3 rings (SSSR count). The lowest BCUT2D eigenvalue weighted by Gasteiger charge is -2.32. The van der Waals surface area contributed by atoms with Gasteiger partial charge in [0.2, 0.25) is 0 Å². The molecule has 26 heavy (non-hydrogen) atoms. The fourth-order valence-electron chi connectivity index (χ4n) is 5.18. The Morgan fingerprint density at radius 3 is 1.96 bits per heavy atom. The second kappa shape index (κ2) is 9.93. The molecule has 0 radical (unpaired) electrons. The van der Waals surface area contributed by atoms with Gasteiger partial charge in [-0.1, -0.05) is 62.3 Å². The normalized spacial score (nSPS) is 29.5. The maximum Gasteiger partial charge on any atom is 0.142 e. The van der Waals surface area contributed by atoms with Crippen LogP contribution in [0.3, 0.4) is 0 Å². The number of benzene rings is 1. The molecule has 0 atom stereocenters. The molecule has 0 spiro atoms. The summed E-state index contributed by atoms with van der Waals surface area (Å²) < 4.78 is 13.7. The van der Waals surface area contributed by atoms with Crippen molar-refractivity contribution in [2.24, 2.45) is 17.8 Å². The van der Waals surface area contributed by atoms with Crippen LogP contribution >= 0.6 is 11.6 Å².